The molecular weight excluding hydrogens is 411 g/mol. The van der Waals surface area contributed by atoms with Crippen molar-refractivity contribution in [3.05, 3.63) is 65.5 Å². The van der Waals surface area contributed by atoms with Crippen molar-refractivity contribution in [3.8, 4) is 0 Å². The highest BCUT2D eigenvalue weighted by atomic mass is 32.2. The third kappa shape index (κ3) is 5.03. The predicted octanol–water partition coefficient (Wildman–Crippen LogP) is 2.79. The van der Waals surface area contributed by atoms with E-state index in [0.717, 1.165) is 0 Å². The van der Waals surface area contributed by atoms with Crippen molar-refractivity contribution >= 4 is 27.6 Å². The molecule has 0 spiro atoms. The lowest BCUT2D eigenvalue weighted by Crippen LogP contribution is -2.42. The van der Waals surface area contributed by atoms with Crippen molar-refractivity contribution in [1.29, 1.82) is 0 Å². The Balaban J connectivity index is 1.61. The van der Waals surface area contributed by atoms with Gasteiger partial charge in [0, 0.05) is 24.6 Å². The summed E-state index contributed by atoms with van der Waals surface area (Å²) >= 11 is 0. The van der Waals surface area contributed by atoms with Crippen LogP contribution in [0.4, 0.5) is 10.1 Å². The minimum absolute atomic E-state index is 0.122. The van der Waals surface area contributed by atoms with Gasteiger partial charge in [0.25, 0.3) is 0 Å². The molecule has 0 unspecified atom stereocenters. The first-order chi connectivity index (χ1) is 14.3. The van der Waals surface area contributed by atoms with Crippen molar-refractivity contribution in [1.82, 2.24) is 4.31 Å². The molecule has 1 amide bonds. The zero-order valence-electron chi connectivity index (χ0n) is 16.5. The number of para-hydroxylation sites is 1. The van der Waals surface area contributed by atoms with Gasteiger partial charge in [-0.05, 0) is 31.0 Å². The summed E-state index contributed by atoms with van der Waals surface area (Å²) in [5.74, 6) is -2.20. The van der Waals surface area contributed by atoms with Gasteiger partial charge in [-0.2, -0.15) is 0 Å². The van der Waals surface area contributed by atoms with Gasteiger partial charge in [0.05, 0.1) is 24.1 Å². The van der Waals surface area contributed by atoms with Crippen LogP contribution in [-0.4, -0.2) is 44.8 Å². The Morgan fingerprint density at radius 1 is 1.10 bits per heavy atom. The second-order valence-corrected chi connectivity index (χ2v) is 9.02. The molecule has 1 aliphatic rings. The van der Waals surface area contributed by atoms with Gasteiger partial charge in [-0.3, -0.25) is 4.79 Å². The van der Waals surface area contributed by atoms with Crippen molar-refractivity contribution < 1.29 is 27.1 Å². The number of nitrogens with zero attached hydrogens (tertiary/aromatic N) is 1. The Kier molecular flexibility index (Phi) is 6.84. The van der Waals surface area contributed by atoms with E-state index in [1.807, 2.05) is 0 Å². The van der Waals surface area contributed by atoms with Crippen LogP contribution in [0.15, 0.2) is 48.5 Å². The number of amides is 1. The molecule has 3 rings (SSSR count). The third-order valence-electron chi connectivity index (χ3n) is 5.10. The Bertz CT molecular complexity index is 1030. The van der Waals surface area contributed by atoms with Gasteiger partial charge < -0.3 is 10.1 Å². The molecular formula is C21H23FN2O5S. The lowest BCUT2D eigenvalue weighted by Gasteiger charge is -2.30. The number of methoxy groups -OCH3 is 1. The summed E-state index contributed by atoms with van der Waals surface area (Å²) < 4.78 is 45.1. The topological polar surface area (TPSA) is 92.8 Å². The number of benzene rings is 2. The van der Waals surface area contributed by atoms with E-state index in [9.17, 15) is 22.4 Å². The molecule has 0 radical (unpaired) electrons. The Morgan fingerprint density at radius 2 is 1.73 bits per heavy atom. The number of carbonyl (C=O) groups excluding carboxylic acids is 2. The summed E-state index contributed by atoms with van der Waals surface area (Å²) in [5.41, 5.74) is 0.721. The first-order valence-corrected chi connectivity index (χ1v) is 11.1. The normalized spacial score (nSPS) is 15.5. The number of halogens is 1. The predicted molar refractivity (Wildman–Crippen MR) is 110 cm³/mol. The second-order valence-electron chi connectivity index (χ2n) is 7.05. The Morgan fingerprint density at radius 3 is 2.40 bits per heavy atom. The van der Waals surface area contributed by atoms with Crippen molar-refractivity contribution in [2.45, 2.75) is 18.6 Å². The first kappa shape index (κ1) is 21.9. The molecule has 0 aliphatic carbocycles. The number of sulfonamides is 1. The molecule has 0 saturated carbocycles. The van der Waals surface area contributed by atoms with Gasteiger partial charge in [0.15, 0.2) is 0 Å². The molecule has 1 heterocycles. The van der Waals surface area contributed by atoms with E-state index in [-0.39, 0.29) is 30.1 Å². The highest BCUT2D eigenvalue weighted by Crippen LogP contribution is 2.25. The molecule has 9 heteroatoms. The minimum atomic E-state index is -3.69. The van der Waals surface area contributed by atoms with Crippen molar-refractivity contribution in [3.63, 3.8) is 0 Å². The lowest BCUT2D eigenvalue weighted by molar-refractivity contribution is -0.120. The number of ether oxygens (including phenoxy) is 1. The quantitative estimate of drug-likeness (QED) is 0.706. The smallest absolute Gasteiger partial charge is 0.339 e. The fraction of sp³-hybridized carbons (Fsp3) is 0.333. The summed E-state index contributed by atoms with van der Waals surface area (Å²) in [5, 5.41) is 2.74. The molecule has 7 nitrogen and oxygen atoms in total. The maximum Gasteiger partial charge on any atom is 0.339 e. The summed E-state index contributed by atoms with van der Waals surface area (Å²) in [4.78, 5) is 24.5. The standard InChI is InChI=1S/C21H23FN2O5S/c1-29-21(26)17-7-3-5-9-19(17)23-20(25)15-10-12-24(13-11-15)30(27,28)14-16-6-2-4-8-18(16)22/h2-9,15H,10-14H2,1H3,(H,23,25). The number of hydrogen-bond acceptors (Lipinski definition) is 5. The fourth-order valence-electron chi connectivity index (χ4n) is 3.41. The highest BCUT2D eigenvalue weighted by Gasteiger charge is 2.32. The number of piperidine rings is 1. The number of hydrogen-bond donors (Lipinski definition) is 1. The summed E-state index contributed by atoms with van der Waals surface area (Å²) in [7, 11) is -2.43. The molecule has 2 aromatic carbocycles. The maximum atomic E-state index is 13.8. The average molecular weight is 434 g/mol. The van der Waals surface area contributed by atoms with Gasteiger partial charge >= 0.3 is 5.97 Å². The fourth-order valence-corrected chi connectivity index (χ4v) is 4.99. The van der Waals surface area contributed by atoms with Crippen LogP contribution in [0, 0.1) is 11.7 Å². The van der Waals surface area contributed by atoms with E-state index in [1.54, 1.807) is 30.3 Å². The van der Waals surface area contributed by atoms with Crippen LogP contribution in [0.1, 0.15) is 28.8 Å². The van der Waals surface area contributed by atoms with Crippen LogP contribution in [0.2, 0.25) is 0 Å². The first-order valence-electron chi connectivity index (χ1n) is 9.51. The van der Waals surface area contributed by atoms with Crippen LogP contribution >= 0.6 is 0 Å². The monoisotopic (exact) mass is 434 g/mol. The second kappa shape index (κ2) is 9.36. The molecule has 0 aromatic heterocycles. The van der Waals surface area contributed by atoms with Gasteiger partial charge in [0.2, 0.25) is 15.9 Å². The minimum Gasteiger partial charge on any atom is -0.465 e. The zero-order chi connectivity index (χ0) is 21.7. The van der Waals surface area contributed by atoms with Crippen LogP contribution < -0.4 is 5.32 Å². The molecule has 0 bridgehead atoms. The van der Waals surface area contributed by atoms with E-state index in [4.69, 9.17) is 4.74 Å². The number of carbonyl (C=O) groups is 2. The number of rotatable bonds is 6. The number of anilines is 1. The van der Waals surface area contributed by atoms with E-state index in [0.29, 0.717) is 18.5 Å². The summed E-state index contributed by atoms with van der Waals surface area (Å²) in [6.45, 7) is 0.348. The zero-order valence-corrected chi connectivity index (χ0v) is 17.3. The molecule has 1 N–H and O–H groups in total. The van der Waals surface area contributed by atoms with Gasteiger partial charge in [0.1, 0.15) is 5.82 Å². The molecule has 0 atom stereocenters. The van der Waals surface area contributed by atoms with Crippen molar-refractivity contribution in [2.75, 3.05) is 25.5 Å². The van der Waals surface area contributed by atoms with E-state index < -0.39 is 33.5 Å². The third-order valence-corrected chi connectivity index (χ3v) is 6.93. The lowest BCUT2D eigenvalue weighted by atomic mass is 9.97. The van der Waals surface area contributed by atoms with Gasteiger partial charge in [-0.25, -0.2) is 21.9 Å². The maximum absolute atomic E-state index is 13.8. The molecule has 1 aliphatic heterocycles. The molecule has 160 valence electrons. The van der Waals surface area contributed by atoms with Crippen LogP contribution in [0.25, 0.3) is 0 Å². The number of esters is 1. The van der Waals surface area contributed by atoms with E-state index in [2.05, 4.69) is 5.32 Å². The highest BCUT2D eigenvalue weighted by molar-refractivity contribution is 7.88. The summed E-state index contributed by atoms with van der Waals surface area (Å²) in [6.07, 6.45) is 0.672. The average Bonchev–Trinajstić information content (AvgIpc) is 2.75. The Labute approximate surface area is 174 Å². The summed E-state index contributed by atoms with van der Waals surface area (Å²) in [6, 6.07) is 12.3. The van der Waals surface area contributed by atoms with Gasteiger partial charge in [-0.1, -0.05) is 30.3 Å². The Hall–Kier alpha value is -2.78. The van der Waals surface area contributed by atoms with Gasteiger partial charge in [-0.15, -0.1) is 0 Å². The molecule has 1 fully saturated rings. The van der Waals surface area contributed by atoms with Crippen LogP contribution in [0.5, 0.6) is 0 Å². The largest absolute Gasteiger partial charge is 0.465 e. The SMILES string of the molecule is COC(=O)c1ccccc1NC(=O)C1CCN(S(=O)(=O)Cc2ccccc2F)CC1. The van der Waals surface area contributed by atoms with E-state index >= 15 is 0 Å². The van der Waals surface area contributed by atoms with E-state index in [1.165, 1.54) is 29.6 Å². The van der Waals surface area contributed by atoms with Crippen LogP contribution in [-0.2, 0) is 25.3 Å². The van der Waals surface area contributed by atoms with Crippen LogP contribution in [0.3, 0.4) is 0 Å². The van der Waals surface area contributed by atoms with Crippen molar-refractivity contribution in [2.24, 2.45) is 5.92 Å². The molecule has 1 saturated heterocycles. The molecule has 2 aromatic rings. The number of nitrogens with one attached hydrogen (secondary N) is 1. The molecule has 30 heavy (non-hydrogen) atoms.